The van der Waals surface area contributed by atoms with Crippen LogP contribution in [0.3, 0.4) is 0 Å². The third kappa shape index (κ3) is 3.62. The largest absolute Gasteiger partial charge is 0.370 e. The fourth-order valence-corrected chi connectivity index (χ4v) is 4.46. The molecule has 29 heavy (non-hydrogen) atoms. The van der Waals surface area contributed by atoms with Gasteiger partial charge < -0.3 is 14.6 Å². The maximum absolute atomic E-state index is 13.4. The number of aromatic nitrogens is 3. The number of anilines is 1. The zero-order valence-electron chi connectivity index (χ0n) is 16.8. The number of unbranched alkanes of at least 4 members (excludes halogenated alkanes) is 1. The first-order valence-electron chi connectivity index (χ1n) is 10.7. The molecule has 3 aromatic rings. The number of rotatable bonds is 6. The summed E-state index contributed by atoms with van der Waals surface area (Å²) >= 11 is 0. The molecular weight excluding hydrogens is 367 g/mol. The van der Waals surface area contributed by atoms with E-state index in [1.165, 1.54) is 17.7 Å². The topological polar surface area (TPSA) is 55.3 Å². The molecule has 3 heterocycles. The van der Waals surface area contributed by atoms with Gasteiger partial charge in [-0.3, -0.25) is 0 Å². The van der Waals surface area contributed by atoms with E-state index in [0.29, 0.717) is 11.9 Å². The van der Waals surface area contributed by atoms with Gasteiger partial charge in [0.25, 0.3) is 0 Å². The van der Waals surface area contributed by atoms with Gasteiger partial charge in [-0.25, -0.2) is 14.4 Å². The fourth-order valence-electron chi connectivity index (χ4n) is 4.46. The van der Waals surface area contributed by atoms with Crippen LogP contribution in [0.5, 0.6) is 0 Å². The van der Waals surface area contributed by atoms with Crippen LogP contribution in [0.2, 0.25) is 0 Å². The van der Waals surface area contributed by atoms with Crippen molar-refractivity contribution in [2.45, 2.75) is 57.0 Å². The molecular formula is C23H27FN4O. The van der Waals surface area contributed by atoms with Crippen molar-refractivity contribution in [2.24, 2.45) is 0 Å². The number of epoxide rings is 1. The molecule has 1 aliphatic heterocycles. The summed E-state index contributed by atoms with van der Waals surface area (Å²) in [5.74, 6) is 0.917. The number of halogens is 1. The van der Waals surface area contributed by atoms with E-state index in [9.17, 15) is 4.39 Å². The lowest BCUT2D eigenvalue weighted by Crippen LogP contribution is -2.20. The number of nitrogens with zero attached hydrogens (tertiary/aromatic N) is 3. The van der Waals surface area contributed by atoms with Crippen LogP contribution in [0.15, 0.2) is 36.7 Å². The first kappa shape index (κ1) is 18.6. The molecule has 1 spiro atoms. The summed E-state index contributed by atoms with van der Waals surface area (Å²) in [6.07, 6.45) is 10.8. The zero-order chi connectivity index (χ0) is 19.8. The first-order valence-corrected chi connectivity index (χ1v) is 10.7. The Hall–Kier alpha value is -2.47. The number of benzene rings is 1. The Labute approximate surface area is 170 Å². The van der Waals surface area contributed by atoms with E-state index >= 15 is 0 Å². The molecule has 1 saturated heterocycles. The molecule has 1 aliphatic carbocycles. The Morgan fingerprint density at radius 1 is 1.24 bits per heavy atom. The standard InChI is InChI=1S/C23H27FN4O/c1-2-3-12-25-22-26-13-20-21(27-22)19(16-8-10-23(11-9-16)15-29-23)14-28(20)18-6-4-17(24)5-7-18/h4-7,13-14,16H,2-3,8-12,15H2,1H3,(H,25,26,27). The predicted molar refractivity (Wildman–Crippen MR) is 112 cm³/mol. The molecule has 1 saturated carbocycles. The van der Waals surface area contributed by atoms with Crippen LogP contribution in [0.4, 0.5) is 10.3 Å². The van der Waals surface area contributed by atoms with E-state index in [1.54, 1.807) is 12.1 Å². The van der Waals surface area contributed by atoms with Gasteiger partial charge in [-0.2, -0.15) is 0 Å². The highest BCUT2D eigenvalue weighted by Gasteiger charge is 2.47. The predicted octanol–water partition coefficient (Wildman–Crippen LogP) is 5.20. The van der Waals surface area contributed by atoms with Gasteiger partial charge in [0.2, 0.25) is 5.95 Å². The van der Waals surface area contributed by atoms with Crippen molar-refractivity contribution in [3.8, 4) is 5.69 Å². The van der Waals surface area contributed by atoms with Crippen molar-refractivity contribution in [3.63, 3.8) is 0 Å². The highest BCUT2D eigenvalue weighted by atomic mass is 19.1. The first-order chi connectivity index (χ1) is 14.2. The molecule has 152 valence electrons. The normalized spacial score (nSPS) is 23.6. The smallest absolute Gasteiger partial charge is 0.223 e. The molecule has 5 nitrogen and oxygen atoms in total. The number of nitrogens with one attached hydrogen (secondary N) is 1. The van der Waals surface area contributed by atoms with Crippen LogP contribution in [-0.4, -0.2) is 33.3 Å². The van der Waals surface area contributed by atoms with Crippen LogP contribution in [0.25, 0.3) is 16.7 Å². The molecule has 0 bridgehead atoms. The van der Waals surface area contributed by atoms with Gasteiger partial charge in [-0.15, -0.1) is 0 Å². The van der Waals surface area contributed by atoms with E-state index in [2.05, 4.69) is 28.0 Å². The van der Waals surface area contributed by atoms with E-state index < -0.39 is 0 Å². The summed E-state index contributed by atoms with van der Waals surface area (Å²) in [7, 11) is 0. The molecule has 5 rings (SSSR count). The maximum atomic E-state index is 13.4. The van der Waals surface area contributed by atoms with E-state index in [-0.39, 0.29) is 11.4 Å². The Bertz CT molecular complexity index is 1000. The minimum Gasteiger partial charge on any atom is -0.370 e. The zero-order valence-corrected chi connectivity index (χ0v) is 16.8. The number of hydrogen-bond acceptors (Lipinski definition) is 4. The average Bonchev–Trinajstić information content (AvgIpc) is 3.39. The summed E-state index contributed by atoms with van der Waals surface area (Å²) in [5.41, 5.74) is 4.33. The molecule has 1 N–H and O–H groups in total. The van der Waals surface area contributed by atoms with Crippen molar-refractivity contribution >= 4 is 17.0 Å². The van der Waals surface area contributed by atoms with Gasteiger partial charge in [-0.1, -0.05) is 13.3 Å². The molecule has 0 radical (unpaired) electrons. The van der Waals surface area contributed by atoms with E-state index in [1.807, 2.05) is 6.20 Å². The lowest BCUT2D eigenvalue weighted by Gasteiger charge is -2.25. The second kappa shape index (κ2) is 7.41. The van der Waals surface area contributed by atoms with Crippen LogP contribution in [0, 0.1) is 5.82 Å². The molecule has 0 unspecified atom stereocenters. The Morgan fingerprint density at radius 2 is 2.00 bits per heavy atom. The Kier molecular flexibility index (Phi) is 4.74. The van der Waals surface area contributed by atoms with Crippen LogP contribution in [-0.2, 0) is 4.74 Å². The molecule has 6 heteroatoms. The van der Waals surface area contributed by atoms with Crippen molar-refractivity contribution in [2.75, 3.05) is 18.5 Å². The molecule has 1 aromatic carbocycles. The summed E-state index contributed by atoms with van der Waals surface area (Å²) in [6.45, 7) is 3.97. The number of ether oxygens (including phenoxy) is 1. The highest BCUT2D eigenvalue weighted by Crippen LogP contribution is 2.47. The van der Waals surface area contributed by atoms with Crippen LogP contribution in [0.1, 0.15) is 56.9 Å². The van der Waals surface area contributed by atoms with E-state index in [0.717, 1.165) is 68.4 Å². The number of hydrogen-bond donors (Lipinski definition) is 1. The summed E-state index contributed by atoms with van der Waals surface area (Å²) < 4.78 is 21.2. The van der Waals surface area contributed by atoms with Crippen molar-refractivity contribution in [1.29, 1.82) is 0 Å². The lowest BCUT2D eigenvalue weighted by molar-refractivity contribution is 0.223. The van der Waals surface area contributed by atoms with Gasteiger partial charge in [0.15, 0.2) is 0 Å². The SMILES string of the molecule is CCCCNc1ncc2c(n1)c(C1CCC3(CC1)CO3)cn2-c1ccc(F)cc1. The lowest BCUT2D eigenvalue weighted by atomic mass is 9.79. The third-order valence-electron chi connectivity index (χ3n) is 6.38. The monoisotopic (exact) mass is 394 g/mol. The minimum absolute atomic E-state index is 0.174. The van der Waals surface area contributed by atoms with Crippen LogP contribution >= 0.6 is 0 Å². The van der Waals surface area contributed by atoms with Gasteiger partial charge >= 0.3 is 0 Å². The maximum Gasteiger partial charge on any atom is 0.223 e. The Morgan fingerprint density at radius 3 is 2.69 bits per heavy atom. The van der Waals surface area contributed by atoms with Gasteiger partial charge in [0.05, 0.1) is 29.4 Å². The second-order valence-electron chi connectivity index (χ2n) is 8.38. The molecule has 2 aliphatic rings. The van der Waals surface area contributed by atoms with Gasteiger partial charge in [0.1, 0.15) is 5.82 Å². The quantitative estimate of drug-likeness (QED) is 0.461. The van der Waals surface area contributed by atoms with E-state index in [4.69, 9.17) is 9.72 Å². The Balaban J connectivity index is 1.53. The summed E-state index contributed by atoms with van der Waals surface area (Å²) in [4.78, 5) is 9.43. The van der Waals surface area contributed by atoms with Gasteiger partial charge in [-0.05, 0) is 67.9 Å². The van der Waals surface area contributed by atoms with Crippen molar-refractivity contribution in [1.82, 2.24) is 14.5 Å². The molecule has 0 atom stereocenters. The van der Waals surface area contributed by atoms with Crippen LogP contribution < -0.4 is 5.32 Å². The minimum atomic E-state index is -0.230. The second-order valence-corrected chi connectivity index (χ2v) is 8.38. The highest BCUT2D eigenvalue weighted by molar-refractivity contribution is 5.82. The molecule has 0 amide bonds. The molecule has 2 fully saturated rings. The average molecular weight is 394 g/mol. The number of fused-ring (bicyclic) bond motifs is 1. The summed E-state index contributed by atoms with van der Waals surface area (Å²) in [5, 5.41) is 3.35. The molecule has 2 aromatic heterocycles. The van der Waals surface area contributed by atoms with Crippen molar-refractivity contribution in [3.05, 3.63) is 48.0 Å². The van der Waals surface area contributed by atoms with Crippen molar-refractivity contribution < 1.29 is 9.13 Å². The van der Waals surface area contributed by atoms with Gasteiger partial charge in [0, 0.05) is 18.4 Å². The summed E-state index contributed by atoms with van der Waals surface area (Å²) in [6, 6.07) is 6.61. The third-order valence-corrected chi connectivity index (χ3v) is 6.38. The fraction of sp³-hybridized carbons (Fsp3) is 0.478.